The van der Waals surface area contributed by atoms with E-state index in [4.69, 9.17) is 28.5 Å². The van der Waals surface area contributed by atoms with E-state index in [9.17, 15) is 9.90 Å². The van der Waals surface area contributed by atoms with Crippen LogP contribution in [0.2, 0.25) is 10.0 Å². The first-order valence-electron chi connectivity index (χ1n) is 6.87. The third-order valence-electron chi connectivity index (χ3n) is 3.22. The van der Waals surface area contributed by atoms with E-state index in [0.717, 1.165) is 5.56 Å². The summed E-state index contributed by atoms with van der Waals surface area (Å²) in [4.78, 5) is 11.9. The average Bonchev–Trinajstić information content (AvgIpc) is 2.52. The van der Waals surface area contributed by atoms with Gasteiger partial charge in [-0.05, 0) is 41.5 Å². The van der Waals surface area contributed by atoms with Gasteiger partial charge in [0.15, 0.2) is 0 Å². The number of nitrogens with zero attached hydrogens (tertiary/aromatic N) is 1. The van der Waals surface area contributed by atoms with Crippen LogP contribution in [0.1, 0.15) is 29.2 Å². The zero-order valence-corrected chi connectivity index (χ0v) is 13.6. The number of nitrogens with one attached hydrogen (secondary N) is 1. The summed E-state index contributed by atoms with van der Waals surface area (Å²) >= 11 is 11.8. The van der Waals surface area contributed by atoms with Gasteiger partial charge in [-0.3, -0.25) is 4.79 Å². The molecule has 1 unspecified atom stereocenters. The summed E-state index contributed by atoms with van der Waals surface area (Å²) in [5, 5.41) is 22.4. The highest BCUT2D eigenvalue weighted by Gasteiger charge is 2.14. The van der Waals surface area contributed by atoms with Crippen LogP contribution in [-0.4, -0.2) is 11.0 Å². The monoisotopic (exact) mass is 348 g/mol. The molecule has 0 aliphatic carbocycles. The molecule has 0 bridgehead atoms. The molecule has 4 nitrogen and oxygen atoms in total. The quantitative estimate of drug-likeness (QED) is 0.866. The number of amides is 1. The molecular weight excluding hydrogens is 335 g/mol. The second kappa shape index (κ2) is 7.98. The van der Waals surface area contributed by atoms with Crippen LogP contribution >= 0.6 is 23.2 Å². The van der Waals surface area contributed by atoms with Gasteiger partial charge in [-0.1, -0.05) is 35.3 Å². The first kappa shape index (κ1) is 17.3. The van der Waals surface area contributed by atoms with Gasteiger partial charge < -0.3 is 10.4 Å². The largest absolute Gasteiger partial charge is 0.388 e. The molecule has 2 rings (SSSR count). The maximum Gasteiger partial charge on any atom is 0.223 e. The molecule has 0 aliphatic heterocycles. The molecule has 0 radical (unpaired) electrons. The minimum absolute atomic E-state index is 0.0903. The summed E-state index contributed by atoms with van der Waals surface area (Å²) in [5.41, 5.74) is 1.93. The third kappa shape index (κ3) is 5.26. The lowest BCUT2D eigenvalue weighted by atomic mass is 10.1. The molecule has 0 fully saturated rings. The lowest BCUT2D eigenvalue weighted by molar-refractivity contribution is -0.123. The molecule has 0 heterocycles. The highest BCUT2D eigenvalue weighted by Crippen LogP contribution is 2.25. The molecule has 2 aromatic rings. The number of hydrogen-bond donors (Lipinski definition) is 2. The summed E-state index contributed by atoms with van der Waals surface area (Å²) in [6, 6.07) is 13.7. The maximum absolute atomic E-state index is 11.9. The van der Waals surface area contributed by atoms with Crippen molar-refractivity contribution in [1.82, 2.24) is 5.32 Å². The minimum Gasteiger partial charge on any atom is -0.388 e. The maximum atomic E-state index is 11.9. The number of aliphatic hydroxyl groups is 1. The third-order valence-corrected chi connectivity index (χ3v) is 3.66. The summed E-state index contributed by atoms with van der Waals surface area (Å²) in [6.45, 7) is 0.327. The van der Waals surface area contributed by atoms with Gasteiger partial charge in [0.25, 0.3) is 0 Å². The van der Waals surface area contributed by atoms with Gasteiger partial charge in [-0.15, -0.1) is 0 Å². The molecule has 0 aliphatic rings. The molecule has 1 atom stereocenters. The summed E-state index contributed by atoms with van der Waals surface area (Å²) in [7, 11) is 0. The Kier molecular flexibility index (Phi) is 6.00. The Labute approximate surface area is 144 Å². The molecule has 0 saturated heterocycles. The fourth-order valence-corrected chi connectivity index (χ4v) is 2.57. The molecule has 0 spiro atoms. The fraction of sp³-hybridized carbons (Fsp3) is 0.176. The van der Waals surface area contributed by atoms with Crippen LogP contribution in [0.25, 0.3) is 0 Å². The first-order valence-corrected chi connectivity index (χ1v) is 7.63. The van der Waals surface area contributed by atoms with Crippen LogP contribution < -0.4 is 5.32 Å². The first-order chi connectivity index (χ1) is 11.0. The number of rotatable bonds is 5. The van der Waals surface area contributed by atoms with Gasteiger partial charge in [-0.25, -0.2) is 0 Å². The Hall–Kier alpha value is -2.06. The fourth-order valence-electron chi connectivity index (χ4n) is 2.03. The van der Waals surface area contributed by atoms with E-state index in [1.165, 1.54) is 0 Å². The SMILES string of the molecule is N#Cc1ccc(CNC(=O)CC(O)c2cc(Cl)cc(Cl)c2)cc1. The van der Waals surface area contributed by atoms with E-state index in [0.29, 0.717) is 27.7 Å². The smallest absolute Gasteiger partial charge is 0.223 e. The van der Waals surface area contributed by atoms with Crippen LogP contribution in [0, 0.1) is 11.3 Å². The highest BCUT2D eigenvalue weighted by molar-refractivity contribution is 6.34. The van der Waals surface area contributed by atoms with Crippen molar-refractivity contribution in [2.45, 2.75) is 19.1 Å². The van der Waals surface area contributed by atoms with Crippen molar-refractivity contribution < 1.29 is 9.90 Å². The average molecular weight is 349 g/mol. The Morgan fingerprint density at radius 1 is 1.17 bits per heavy atom. The van der Waals surface area contributed by atoms with E-state index in [1.54, 1.807) is 42.5 Å². The van der Waals surface area contributed by atoms with E-state index in [-0.39, 0.29) is 12.3 Å². The molecule has 1 amide bonds. The number of hydrogen-bond acceptors (Lipinski definition) is 3. The lowest BCUT2D eigenvalue weighted by Crippen LogP contribution is -2.24. The Bertz CT molecular complexity index is 719. The molecule has 0 aromatic heterocycles. The van der Waals surface area contributed by atoms with Gasteiger partial charge >= 0.3 is 0 Å². The Morgan fingerprint density at radius 3 is 2.35 bits per heavy atom. The van der Waals surface area contributed by atoms with Gasteiger partial charge in [0, 0.05) is 16.6 Å². The number of halogens is 2. The normalized spacial score (nSPS) is 11.6. The molecule has 6 heteroatoms. The van der Waals surface area contributed by atoms with Crippen molar-refractivity contribution in [2.24, 2.45) is 0 Å². The zero-order chi connectivity index (χ0) is 16.8. The van der Waals surface area contributed by atoms with Crippen molar-refractivity contribution in [3.8, 4) is 6.07 Å². The van der Waals surface area contributed by atoms with Crippen LogP contribution in [0.3, 0.4) is 0 Å². The van der Waals surface area contributed by atoms with E-state index >= 15 is 0 Å². The number of benzene rings is 2. The van der Waals surface area contributed by atoms with E-state index < -0.39 is 6.10 Å². The molecule has 2 aromatic carbocycles. The second-order valence-corrected chi connectivity index (χ2v) is 5.88. The van der Waals surface area contributed by atoms with E-state index in [2.05, 4.69) is 5.32 Å². The molecule has 23 heavy (non-hydrogen) atoms. The zero-order valence-electron chi connectivity index (χ0n) is 12.1. The van der Waals surface area contributed by atoms with Crippen LogP contribution in [0.15, 0.2) is 42.5 Å². The van der Waals surface area contributed by atoms with E-state index in [1.807, 2.05) is 6.07 Å². The van der Waals surface area contributed by atoms with Crippen molar-refractivity contribution in [3.63, 3.8) is 0 Å². The topological polar surface area (TPSA) is 73.1 Å². The Balaban J connectivity index is 1.89. The van der Waals surface area contributed by atoms with Crippen molar-refractivity contribution in [2.75, 3.05) is 0 Å². The predicted octanol–water partition coefficient (Wildman–Crippen LogP) is 3.60. The molecule has 0 saturated carbocycles. The summed E-state index contributed by atoms with van der Waals surface area (Å²) in [5.74, 6) is -0.294. The predicted molar refractivity (Wildman–Crippen MR) is 89.0 cm³/mol. The van der Waals surface area contributed by atoms with Crippen LogP contribution in [0.5, 0.6) is 0 Å². The van der Waals surface area contributed by atoms with Crippen molar-refractivity contribution in [3.05, 3.63) is 69.2 Å². The van der Waals surface area contributed by atoms with Crippen molar-refractivity contribution in [1.29, 1.82) is 5.26 Å². The number of nitriles is 1. The number of carbonyl (C=O) groups is 1. The standard InChI is InChI=1S/C17H14Cl2N2O2/c18-14-5-13(6-15(19)7-14)16(22)8-17(23)21-10-12-3-1-11(9-20)2-4-12/h1-7,16,22H,8,10H2,(H,21,23). The number of aliphatic hydroxyl groups excluding tert-OH is 1. The Morgan fingerprint density at radius 2 is 1.78 bits per heavy atom. The number of carbonyl (C=O) groups excluding carboxylic acids is 1. The van der Waals surface area contributed by atoms with Gasteiger partial charge in [0.2, 0.25) is 5.91 Å². The van der Waals surface area contributed by atoms with Crippen molar-refractivity contribution >= 4 is 29.1 Å². The highest BCUT2D eigenvalue weighted by atomic mass is 35.5. The molecule has 118 valence electrons. The molecule has 2 N–H and O–H groups in total. The van der Waals surface area contributed by atoms with Gasteiger partial charge in [0.05, 0.1) is 24.2 Å². The summed E-state index contributed by atoms with van der Waals surface area (Å²) < 4.78 is 0. The van der Waals surface area contributed by atoms with Crippen LogP contribution in [0.4, 0.5) is 0 Å². The molecular formula is C17H14Cl2N2O2. The minimum atomic E-state index is -0.979. The van der Waals surface area contributed by atoms with Gasteiger partial charge in [-0.2, -0.15) is 5.26 Å². The van der Waals surface area contributed by atoms with Gasteiger partial charge in [0.1, 0.15) is 0 Å². The summed E-state index contributed by atoms with van der Waals surface area (Å²) in [6.07, 6.45) is -1.07. The second-order valence-electron chi connectivity index (χ2n) is 5.01. The van der Waals surface area contributed by atoms with Crippen LogP contribution in [-0.2, 0) is 11.3 Å². The lowest BCUT2D eigenvalue weighted by Gasteiger charge is -2.12.